The van der Waals surface area contributed by atoms with Crippen molar-refractivity contribution in [1.29, 1.82) is 0 Å². The van der Waals surface area contributed by atoms with E-state index in [0.29, 0.717) is 6.07 Å². The van der Waals surface area contributed by atoms with Gasteiger partial charge >= 0.3 is 12.0 Å². The Balaban J connectivity index is 2.84. The number of carboxylic acids is 1. The molecule has 0 unspecified atom stereocenters. The van der Waals surface area contributed by atoms with Crippen molar-refractivity contribution in [3.05, 3.63) is 29.8 Å². The standard InChI is InChI=1S/C14H18F2N2O3/c1-13(2,11(19)20)14(3,4)18-12(21)17-10-6-8(15)5-9(16)7-10/h5-7H,1-4H3,(H,19,20)(H2,17,18,21). The molecule has 0 radical (unpaired) electrons. The lowest BCUT2D eigenvalue weighted by Gasteiger charge is -2.38. The van der Waals surface area contributed by atoms with Gasteiger partial charge in [0, 0.05) is 11.8 Å². The molecule has 0 heterocycles. The van der Waals surface area contributed by atoms with Gasteiger partial charge in [-0.1, -0.05) is 0 Å². The van der Waals surface area contributed by atoms with E-state index in [-0.39, 0.29) is 5.69 Å². The van der Waals surface area contributed by atoms with E-state index in [9.17, 15) is 23.5 Å². The van der Waals surface area contributed by atoms with Crippen molar-refractivity contribution < 1.29 is 23.5 Å². The molecular formula is C14H18F2N2O3. The number of urea groups is 1. The van der Waals surface area contributed by atoms with Gasteiger partial charge in [0.2, 0.25) is 0 Å². The first kappa shape index (κ1) is 16.9. The van der Waals surface area contributed by atoms with Gasteiger partial charge in [0.25, 0.3) is 0 Å². The summed E-state index contributed by atoms with van der Waals surface area (Å²) >= 11 is 0. The number of carbonyl (C=O) groups is 2. The van der Waals surface area contributed by atoms with Gasteiger partial charge in [-0.2, -0.15) is 0 Å². The van der Waals surface area contributed by atoms with Gasteiger partial charge in [-0.25, -0.2) is 13.6 Å². The Kier molecular flexibility index (Phi) is 4.56. The Morgan fingerprint density at radius 2 is 1.52 bits per heavy atom. The quantitative estimate of drug-likeness (QED) is 0.800. The maximum absolute atomic E-state index is 13.0. The molecule has 5 nitrogen and oxygen atoms in total. The van der Waals surface area contributed by atoms with Crippen LogP contribution in [0.25, 0.3) is 0 Å². The van der Waals surface area contributed by atoms with E-state index in [1.54, 1.807) is 13.8 Å². The van der Waals surface area contributed by atoms with Crippen molar-refractivity contribution >= 4 is 17.7 Å². The number of hydrogen-bond donors (Lipinski definition) is 3. The van der Waals surface area contributed by atoms with Crippen LogP contribution in [-0.4, -0.2) is 22.6 Å². The van der Waals surface area contributed by atoms with Crippen LogP contribution in [0.1, 0.15) is 27.7 Å². The van der Waals surface area contributed by atoms with Crippen LogP contribution in [0.15, 0.2) is 18.2 Å². The summed E-state index contributed by atoms with van der Waals surface area (Å²) in [6.07, 6.45) is 0. The predicted octanol–water partition coefficient (Wildman–Crippen LogP) is 2.98. The highest BCUT2D eigenvalue weighted by Gasteiger charge is 2.44. The van der Waals surface area contributed by atoms with Crippen molar-refractivity contribution in [2.24, 2.45) is 5.41 Å². The number of halogens is 2. The molecule has 0 spiro atoms. The molecule has 0 atom stereocenters. The zero-order chi connectivity index (χ0) is 16.4. The largest absolute Gasteiger partial charge is 0.481 e. The van der Waals surface area contributed by atoms with Crippen LogP contribution in [0, 0.1) is 17.0 Å². The first-order valence-corrected chi connectivity index (χ1v) is 6.24. The summed E-state index contributed by atoms with van der Waals surface area (Å²) < 4.78 is 26.0. The minimum Gasteiger partial charge on any atom is -0.481 e. The van der Waals surface area contributed by atoms with Gasteiger partial charge in [0.05, 0.1) is 11.0 Å². The number of amides is 2. The molecule has 0 aliphatic rings. The molecule has 2 amide bonds. The molecule has 0 saturated heterocycles. The van der Waals surface area contributed by atoms with Crippen molar-refractivity contribution in [3.8, 4) is 0 Å². The molecule has 7 heteroatoms. The van der Waals surface area contributed by atoms with Crippen LogP contribution in [0.5, 0.6) is 0 Å². The maximum atomic E-state index is 13.0. The van der Waals surface area contributed by atoms with Crippen molar-refractivity contribution in [1.82, 2.24) is 5.32 Å². The van der Waals surface area contributed by atoms with E-state index in [4.69, 9.17) is 0 Å². The molecule has 0 fully saturated rings. The van der Waals surface area contributed by atoms with Crippen LogP contribution >= 0.6 is 0 Å². The highest BCUT2D eigenvalue weighted by Crippen LogP contribution is 2.30. The maximum Gasteiger partial charge on any atom is 0.319 e. The molecule has 21 heavy (non-hydrogen) atoms. The van der Waals surface area contributed by atoms with Gasteiger partial charge < -0.3 is 15.7 Å². The van der Waals surface area contributed by atoms with Crippen molar-refractivity contribution in [2.45, 2.75) is 33.2 Å². The molecule has 3 N–H and O–H groups in total. The highest BCUT2D eigenvalue weighted by molar-refractivity contribution is 5.90. The summed E-state index contributed by atoms with van der Waals surface area (Å²) in [5.41, 5.74) is -2.39. The number of benzene rings is 1. The van der Waals surface area contributed by atoms with Gasteiger partial charge in [-0.15, -0.1) is 0 Å². The molecule has 0 aromatic heterocycles. The minimum atomic E-state index is -1.24. The monoisotopic (exact) mass is 300 g/mol. The fraction of sp³-hybridized carbons (Fsp3) is 0.429. The third-order valence-electron chi connectivity index (χ3n) is 3.64. The average Bonchev–Trinajstić information content (AvgIpc) is 2.25. The molecule has 0 aliphatic carbocycles. The first-order chi connectivity index (χ1) is 9.45. The van der Waals surface area contributed by atoms with Crippen LogP contribution in [0.3, 0.4) is 0 Å². The van der Waals surface area contributed by atoms with E-state index < -0.39 is 34.6 Å². The third-order valence-corrected chi connectivity index (χ3v) is 3.64. The van der Waals surface area contributed by atoms with E-state index in [1.807, 2.05) is 0 Å². The molecule has 1 rings (SSSR count). The highest BCUT2D eigenvalue weighted by atomic mass is 19.1. The Bertz CT molecular complexity index is 551. The van der Waals surface area contributed by atoms with Crippen LogP contribution in [0.4, 0.5) is 19.3 Å². The van der Waals surface area contributed by atoms with Gasteiger partial charge in [-0.05, 0) is 39.8 Å². The summed E-state index contributed by atoms with van der Waals surface area (Å²) in [7, 11) is 0. The zero-order valence-corrected chi connectivity index (χ0v) is 12.3. The number of hydrogen-bond acceptors (Lipinski definition) is 2. The number of aliphatic carboxylic acids is 1. The molecule has 1 aromatic carbocycles. The lowest BCUT2D eigenvalue weighted by molar-refractivity contribution is -0.150. The molecule has 0 bridgehead atoms. The Morgan fingerprint density at radius 3 is 1.95 bits per heavy atom. The number of rotatable bonds is 4. The minimum absolute atomic E-state index is 0.0612. The van der Waals surface area contributed by atoms with Crippen molar-refractivity contribution in [2.75, 3.05) is 5.32 Å². The first-order valence-electron chi connectivity index (χ1n) is 6.24. The number of carbonyl (C=O) groups excluding carboxylic acids is 1. The second-order valence-electron chi connectivity index (χ2n) is 5.79. The number of anilines is 1. The lowest BCUT2D eigenvalue weighted by Crippen LogP contribution is -2.57. The SMILES string of the molecule is CC(C)(NC(=O)Nc1cc(F)cc(F)c1)C(C)(C)C(=O)O. The fourth-order valence-electron chi connectivity index (χ4n) is 1.50. The average molecular weight is 300 g/mol. The van der Waals surface area contributed by atoms with Crippen LogP contribution < -0.4 is 10.6 Å². The molecule has 1 aromatic rings. The summed E-state index contributed by atoms with van der Waals surface area (Å²) in [5.74, 6) is -2.73. The second kappa shape index (κ2) is 5.67. The Morgan fingerprint density at radius 1 is 1.05 bits per heavy atom. The second-order valence-corrected chi connectivity index (χ2v) is 5.79. The Labute approximate surface area is 121 Å². The third kappa shape index (κ3) is 3.90. The van der Waals surface area contributed by atoms with Crippen molar-refractivity contribution in [3.63, 3.8) is 0 Å². The number of carboxylic acid groups (broad SMARTS) is 1. The van der Waals surface area contributed by atoms with E-state index in [0.717, 1.165) is 12.1 Å². The summed E-state index contributed by atoms with van der Waals surface area (Å²) in [6, 6.07) is 1.84. The van der Waals surface area contributed by atoms with Gasteiger partial charge in [0.1, 0.15) is 11.6 Å². The van der Waals surface area contributed by atoms with E-state index in [2.05, 4.69) is 10.6 Å². The smallest absolute Gasteiger partial charge is 0.319 e. The number of nitrogens with one attached hydrogen (secondary N) is 2. The molecule has 0 saturated carbocycles. The Hall–Kier alpha value is -2.18. The lowest BCUT2D eigenvalue weighted by atomic mass is 9.74. The molecule has 116 valence electrons. The van der Waals surface area contributed by atoms with Gasteiger partial charge in [0.15, 0.2) is 0 Å². The van der Waals surface area contributed by atoms with Gasteiger partial charge in [-0.3, -0.25) is 4.79 Å². The van der Waals surface area contributed by atoms with E-state index in [1.165, 1.54) is 13.8 Å². The molecular weight excluding hydrogens is 282 g/mol. The molecule has 0 aliphatic heterocycles. The van der Waals surface area contributed by atoms with Crippen LogP contribution in [0.2, 0.25) is 0 Å². The summed E-state index contributed by atoms with van der Waals surface area (Å²) in [4.78, 5) is 23.1. The summed E-state index contributed by atoms with van der Waals surface area (Å²) in [6.45, 7) is 6.04. The topological polar surface area (TPSA) is 78.4 Å². The summed E-state index contributed by atoms with van der Waals surface area (Å²) in [5, 5.41) is 13.9. The predicted molar refractivity (Wildman–Crippen MR) is 74.0 cm³/mol. The zero-order valence-electron chi connectivity index (χ0n) is 12.3. The normalized spacial score (nSPS) is 11.9. The van der Waals surface area contributed by atoms with E-state index >= 15 is 0 Å². The fourth-order valence-corrected chi connectivity index (χ4v) is 1.50. The van der Waals surface area contributed by atoms with Crippen LogP contribution in [-0.2, 0) is 4.79 Å².